The maximum absolute atomic E-state index is 11.4. The van der Waals surface area contributed by atoms with E-state index in [1.807, 2.05) is 20.8 Å². The van der Waals surface area contributed by atoms with Crippen molar-refractivity contribution in [2.24, 2.45) is 0 Å². The first kappa shape index (κ1) is 12.4. The molecule has 1 saturated heterocycles. The lowest BCUT2D eigenvalue weighted by atomic mass is 9.93. The third kappa shape index (κ3) is 2.12. The number of rotatable bonds is 4. The van der Waals surface area contributed by atoms with Crippen molar-refractivity contribution >= 4 is 24.1 Å². The summed E-state index contributed by atoms with van der Waals surface area (Å²) in [6.45, 7) is 5.68. The van der Waals surface area contributed by atoms with Crippen molar-refractivity contribution < 1.29 is 14.7 Å². The molecule has 1 rings (SSSR count). The average Bonchev–Trinajstić information content (AvgIpc) is 2.49. The second kappa shape index (κ2) is 4.43. The van der Waals surface area contributed by atoms with Gasteiger partial charge in [0.25, 0.3) is 0 Å². The third-order valence-electron chi connectivity index (χ3n) is 2.79. The smallest absolute Gasteiger partial charge is 0.330 e. The summed E-state index contributed by atoms with van der Waals surface area (Å²) >= 11 is 1.61. The number of hydrogen-bond acceptors (Lipinski definition) is 3. The van der Waals surface area contributed by atoms with Crippen molar-refractivity contribution in [3.63, 3.8) is 0 Å². The van der Waals surface area contributed by atoms with E-state index >= 15 is 0 Å². The number of thioether (sulfide) groups is 1. The fourth-order valence-corrected chi connectivity index (χ4v) is 3.37. The molecular weight excluding hydrogens is 214 g/mol. The maximum atomic E-state index is 11.4. The number of nitrogens with zero attached hydrogens (tertiary/aromatic N) is 1. The van der Waals surface area contributed by atoms with Gasteiger partial charge in [-0.3, -0.25) is 4.79 Å². The van der Waals surface area contributed by atoms with Crippen LogP contribution in [0.15, 0.2) is 0 Å². The van der Waals surface area contributed by atoms with Crippen LogP contribution in [0.5, 0.6) is 0 Å². The van der Waals surface area contributed by atoms with Crippen molar-refractivity contribution in [2.45, 2.75) is 44.0 Å². The fourth-order valence-electron chi connectivity index (χ4n) is 2.03. The minimum Gasteiger partial charge on any atom is -0.479 e. The third-order valence-corrected chi connectivity index (χ3v) is 4.17. The van der Waals surface area contributed by atoms with Gasteiger partial charge in [-0.2, -0.15) is 11.8 Å². The first-order chi connectivity index (χ1) is 6.94. The monoisotopic (exact) mass is 231 g/mol. The molecule has 0 aromatic rings. The van der Waals surface area contributed by atoms with Gasteiger partial charge in [0, 0.05) is 17.0 Å². The van der Waals surface area contributed by atoms with Crippen molar-refractivity contribution in [3.8, 4) is 0 Å². The molecule has 1 fully saturated rings. The molecule has 5 heteroatoms. The van der Waals surface area contributed by atoms with Crippen LogP contribution < -0.4 is 0 Å². The lowest BCUT2D eigenvalue weighted by Gasteiger charge is -2.37. The van der Waals surface area contributed by atoms with Crippen LogP contribution in [0.4, 0.5) is 0 Å². The first-order valence-electron chi connectivity index (χ1n) is 5.03. The molecule has 15 heavy (non-hydrogen) atoms. The highest BCUT2D eigenvalue weighted by molar-refractivity contribution is 8.00. The standard InChI is InChI=1S/C10H17NO3S/c1-7(2)11(6-12)10(9(13)14)4-8(3)15-5-10/h6-8H,4-5H2,1-3H3,(H,13,14). The molecule has 1 N–H and O–H groups in total. The number of carbonyl (C=O) groups is 2. The SMILES string of the molecule is CC1CC(C(=O)O)(N(C=O)C(C)C)CS1. The van der Waals surface area contributed by atoms with Gasteiger partial charge in [0.1, 0.15) is 0 Å². The molecule has 0 spiro atoms. The van der Waals surface area contributed by atoms with Crippen LogP contribution >= 0.6 is 11.8 Å². The van der Waals surface area contributed by atoms with Crippen LogP contribution in [0, 0.1) is 0 Å². The highest BCUT2D eigenvalue weighted by Crippen LogP contribution is 2.39. The summed E-state index contributed by atoms with van der Waals surface area (Å²) < 4.78 is 0. The van der Waals surface area contributed by atoms with Gasteiger partial charge in [0.2, 0.25) is 6.41 Å². The molecule has 0 aromatic heterocycles. The fraction of sp³-hybridized carbons (Fsp3) is 0.800. The molecule has 0 bridgehead atoms. The second-order valence-corrected chi connectivity index (χ2v) is 5.70. The molecule has 1 heterocycles. The first-order valence-corrected chi connectivity index (χ1v) is 6.07. The molecule has 1 aliphatic rings. The minimum atomic E-state index is -1.000. The van der Waals surface area contributed by atoms with E-state index in [1.54, 1.807) is 11.8 Å². The molecule has 1 amide bonds. The van der Waals surface area contributed by atoms with Gasteiger partial charge in [-0.05, 0) is 20.3 Å². The summed E-state index contributed by atoms with van der Waals surface area (Å²) in [6.07, 6.45) is 1.20. The van der Waals surface area contributed by atoms with Crippen LogP contribution in [0.25, 0.3) is 0 Å². The van der Waals surface area contributed by atoms with Crippen LogP contribution in [-0.4, -0.2) is 45.0 Å². The molecular formula is C10H17NO3S. The zero-order valence-electron chi connectivity index (χ0n) is 9.27. The van der Waals surface area contributed by atoms with Crippen molar-refractivity contribution in [3.05, 3.63) is 0 Å². The second-order valence-electron chi connectivity index (χ2n) is 4.27. The number of aliphatic carboxylic acids is 1. The molecule has 0 radical (unpaired) electrons. The molecule has 0 aliphatic carbocycles. The summed E-state index contributed by atoms with van der Waals surface area (Å²) in [6, 6.07) is -0.0792. The zero-order chi connectivity index (χ0) is 11.6. The summed E-state index contributed by atoms with van der Waals surface area (Å²) in [5.41, 5.74) is -1.000. The highest BCUT2D eigenvalue weighted by atomic mass is 32.2. The Morgan fingerprint density at radius 3 is 2.53 bits per heavy atom. The molecule has 2 atom stereocenters. The Hall–Kier alpha value is -0.710. The number of hydrogen-bond donors (Lipinski definition) is 1. The molecule has 4 nitrogen and oxygen atoms in total. The van der Waals surface area contributed by atoms with E-state index in [2.05, 4.69) is 0 Å². The van der Waals surface area contributed by atoms with E-state index in [4.69, 9.17) is 0 Å². The quantitative estimate of drug-likeness (QED) is 0.739. The van der Waals surface area contributed by atoms with Gasteiger partial charge in [0.05, 0.1) is 0 Å². The Morgan fingerprint density at radius 2 is 2.27 bits per heavy atom. The van der Waals surface area contributed by atoms with Gasteiger partial charge in [-0.15, -0.1) is 0 Å². The van der Waals surface area contributed by atoms with Crippen LogP contribution in [0.2, 0.25) is 0 Å². The van der Waals surface area contributed by atoms with Crippen molar-refractivity contribution in [2.75, 3.05) is 5.75 Å². The van der Waals surface area contributed by atoms with Crippen LogP contribution in [0.1, 0.15) is 27.2 Å². The molecule has 2 unspecified atom stereocenters. The van der Waals surface area contributed by atoms with E-state index in [0.29, 0.717) is 23.8 Å². The van der Waals surface area contributed by atoms with E-state index in [9.17, 15) is 14.7 Å². The highest BCUT2D eigenvalue weighted by Gasteiger charge is 2.50. The van der Waals surface area contributed by atoms with Gasteiger partial charge in [-0.25, -0.2) is 4.79 Å². The van der Waals surface area contributed by atoms with Gasteiger partial charge >= 0.3 is 5.97 Å². The number of amides is 1. The Balaban J connectivity index is 3.00. The average molecular weight is 231 g/mol. The molecule has 1 aliphatic heterocycles. The maximum Gasteiger partial charge on any atom is 0.330 e. The summed E-state index contributed by atoms with van der Waals surface area (Å²) in [4.78, 5) is 23.8. The topological polar surface area (TPSA) is 57.6 Å². The zero-order valence-corrected chi connectivity index (χ0v) is 10.1. The minimum absolute atomic E-state index is 0.0792. The van der Waals surface area contributed by atoms with Gasteiger partial charge in [-0.1, -0.05) is 6.92 Å². The van der Waals surface area contributed by atoms with Crippen LogP contribution in [-0.2, 0) is 9.59 Å². The van der Waals surface area contributed by atoms with Gasteiger partial charge in [0.15, 0.2) is 5.54 Å². The Labute approximate surface area is 94.0 Å². The van der Waals surface area contributed by atoms with E-state index < -0.39 is 11.5 Å². The summed E-state index contributed by atoms with van der Waals surface area (Å²) in [7, 11) is 0. The molecule has 0 aromatic carbocycles. The Bertz CT molecular complexity index is 269. The normalized spacial score (nSPS) is 30.5. The lowest BCUT2D eigenvalue weighted by Crippen LogP contribution is -2.57. The number of carbonyl (C=O) groups excluding carboxylic acids is 1. The van der Waals surface area contributed by atoms with E-state index in [0.717, 1.165) is 0 Å². The largest absolute Gasteiger partial charge is 0.479 e. The van der Waals surface area contributed by atoms with Crippen molar-refractivity contribution in [1.82, 2.24) is 4.90 Å². The predicted octanol–water partition coefficient (Wildman–Crippen LogP) is 1.20. The molecule has 0 saturated carbocycles. The molecule has 86 valence electrons. The lowest BCUT2D eigenvalue weighted by molar-refractivity contribution is -0.155. The van der Waals surface area contributed by atoms with E-state index in [1.165, 1.54) is 4.90 Å². The summed E-state index contributed by atoms with van der Waals surface area (Å²) in [5.74, 6) is -0.402. The van der Waals surface area contributed by atoms with Crippen molar-refractivity contribution in [1.29, 1.82) is 0 Å². The Morgan fingerprint density at radius 1 is 1.67 bits per heavy atom. The Kier molecular flexibility index (Phi) is 3.65. The predicted molar refractivity (Wildman–Crippen MR) is 59.9 cm³/mol. The van der Waals surface area contributed by atoms with E-state index in [-0.39, 0.29) is 6.04 Å². The number of carboxylic acid groups (broad SMARTS) is 1. The number of carboxylic acids is 1. The van der Waals surface area contributed by atoms with Crippen LogP contribution in [0.3, 0.4) is 0 Å². The van der Waals surface area contributed by atoms with Gasteiger partial charge < -0.3 is 10.0 Å². The summed E-state index contributed by atoms with van der Waals surface area (Å²) in [5, 5.41) is 9.61.